The van der Waals surface area contributed by atoms with Crippen molar-refractivity contribution in [3.05, 3.63) is 18.3 Å². The van der Waals surface area contributed by atoms with Gasteiger partial charge in [0, 0.05) is 32.7 Å². The normalized spacial score (nSPS) is 14.6. The summed E-state index contributed by atoms with van der Waals surface area (Å²) < 4.78 is 0. The number of nitrogens with zero attached hydrogens (tertiary/aromatic N) is 3. The molecule has 0 spiro atoms. The van der Waals surface area contributed by atoms with Crippen molar-refractivity contribution in [2.45, 2.75) is 34.1 Å². The lowest BCUT2D eigenvalue weighted by molar-refractivity contribution is 0.188. The lowest BCUT2D eigenvalue weighted by Gasteiger charge is -2.34. The molecule has 1 aromatic rings. The number of hydrogen-bond donors (Lipinski definition) is 2. The van der Waals surface area contributed by atoms with Gasteiger partial charge in [-0.15, -0.1) is 0 Å². The second-order valence-electron chi connectivity index (χ2n) is 4.63. The zero-order valence-corrected chi connectivity index (χ0v) is 13.9. The van der Waals surface area contributed by atoms with Gasteiger partial charge in [-0.2, -0.15) is 0 Å². The summed E-state index contributed by atoms with van der Waals surface area (Å²) in [5.74, 6) is 1.10. The second kappa shape index (κ2) is 12.4. The van der Waals surface area contributed by atoms with Crippen LogP contribution in [0.15, 0.2) is 18.3 Å². The van der Waals surface area contributed by atoms with Crippen LogP contribution in [0.3, 0.4) is 0 Å². The van der Waals surface area contributed by atoms with Crippen LogP contribution in [0, 0.1) is 0 Å². The highest BCUT2D eigenvalue weighted by atomic mass is 16.3. The Morgan fingerprint density at radius 3 is 2.10 bits per heavy atom. The fourth-order valence-corrected chi connectivity index (χ4v) is 1.91. The van der Waals surface area contributed by atoms with E-state index in [1.807, 2.05) is 19.9 Å². The molecule has 1 fully saturated rings. The van der Waals surface area contributed by atoms with E-state index in [9.17, 15) is 0 Å². The van der Waals surface area contributed by atoms with E-state index in [1.165, 1.54) is 12.6 Å². The van der Waals surface area contributed by atoms with Gasteiger partial charge >= 0.3 is 0 Å². The average Bonchev–Trinajstić information content (AvgIpc) is 2.52. The number of aromatic nitrogens is 1. The summed E-state index contributed by atoms with van der Waals surface area (Å²) in [7, 11) is 0. The van der Waals surface area contributed by atoms with Gasteiger partial charge in [0.25, 0.3) is 0 Å². The number of aliphatic hydroxyl groups is 1. The van der Waals surface area contributed by atoms with Gasteiger partial charge in [-0.05, 0) is 12.1 Å². The van der Waals surface area contributed by atoms with Crippen molar-refractivity contribution >= 4 is 5.82 Å². The molecule has 0 radical (unpaired) electrons. The van der Waals surface area contributed by atoms with E-state index >= 15 is 0 Å². The first-order valence-corrected chi connectivity index (χ1v) is 7.94. The maximum absolute atomic E-state index is 9.15. The predicted octanol–water partition coefficient (Wildman–Crippen LogP) is 2.34. The fourth-order valence-electron chi connectivity index (χ4n) is 1.91. The summed E-state index contributed by atoms with van der Waals surface area (Å²) in [6.45, 7) is 12.9. The first-order valence-electron chi connectivity index (χ1n) is 7.94. The fraction of sp³-hybridized carbons (Fsp3) is 0.688. The summed E-state index contributed by atoms with van der Waals surface area (Å²) in [5.41, 5.74) is 0. The average molecular weight is 297 g/mol. The molecule has 2 N–H and O–H groups in total. The molecule has 2 rings (SSSR count). The Labute approximate surface area is 129 Å². The number of aliphatic hydroxyl groups excluding tert-OH is 1. The van der Waals surface area contributed by atoms with Gasteiger partial charge in [0.05, 0.1) is 12.8 Å². The van der Waals surface area contributed by atoms with Crippen molar-refractivity contribution in [2.75, 3.05) is 44.2 Å². The molecule has 0 aromatic carbocycles. The SMILES string of the molecule is CC.CCC.OCCN1CCN(c2ccc(O)cn2)CC1. The van der Waals surface area contributed by atoms with Crippen LogP contribution in [-0.4, -0.2) is 59.4 Å². The minimum absolute atomic E-state index is 0.197. The quantitative estimate of drug-likeness (QED) is 0.897. The Balaban J connectivity index is 0.000000713. The molecule has 0 atom stereocenters. The van der Waals surface area contributed by atoms with Crippen LogP contribution in [0.5, 0.6) is 5.75 Å². The lowest BCUT2D eigenvalue weighted by atomic mass is 10.3. The third-order valence-corrected chi connectivity index (χ3v) is 2.84. The first-order chi connectivity index (χ1) is 10.2. The Morgan fingerprint density at radius 2 is 1.67 bits per heavy atom. The van der Waals surface area contributed by atoms with Gasteiger partial charge < -0.3 is 15.1 Å². The summed E-state index contributed by atoms with van der Waals surface area (Å²) >= 11 is 0. The largest absolute Gasteiger partial charge is 0.506 e. The minimum Gasteiger partial charge on any atom is -0.506 e. The number of β-amino-alcohol motifs (C(OH)–C–C–N with tert-alkyl or cyclic N) is 1. The highest BCUT2D eigenvalue weighted by molar-refractivity contribution is 5.40. The second-order valence-corrected chi connectivity index (χ2v) is 4.63. The standard InChI is InChI=1S/C11H17N3O2.C3H8.C2H6/c15-8-7-13-3-5-14(6-4-13)11-2-1-10(16)9-12-11;1-3-2;1-2/h1-2,9,15-16H,3-8H2;3H2,1-2H3;1-2H3. The zero-order chi connectivity index (χ0) is 16.1. The topological polar surface area (TPSA) is 59.8 Å². The van der Waals surface area contributed by atoms with Crippen molar-refractivity contribution in [1.29, 1.82) is 0 Å². The van der Waals surface area contributed by atoms with Crippen molar-refractivity contribution < 1.29 is 10.2 Å². The first kappa shape index (κ1) is 19.7. The molecular weight excluding hydrogens is 266 g/mol. The lowest BCUT2D eigenvalue weighted by Crippen LogP contribution is -2.47. The molecule has 1 aromatic heterocycles. The molecular formula is C16H31N3O2. The van der Waals surface area contributed by atoms with Crippen LogP contribution in [0.25, 0.3) is 0 Å². The summed E-state index contributed by atoms with van der Waals surface area (Å²) in [5, 5.41) is 18.0. The Hall–Kier alpha value is -1.33. The molecule has 0 aliphatic carbocycles. The molecule has 1 saturated heterocycles. The monoisotopic (exact) mass is 297 g/mol. The van der Waals surface area contributed by atoms with Crippen molar-refractivity contribution in [1.82, 2.24) is 9.88 Å². The van der Waals surface area contributed by atoms with E-state index in [4.69, 9.17) is 10.2 Å². The van der Waals surface area contributed by atoms with Crippen LogP contribution in [0.1, 0.15) is 34.1 Å². The number of anilines is 1. The van der Waals surface area contributed by atoms with E-state index in [1.54, 1.807) is 6.07 Å². The van der Waals surface area contributed by atoms with Crippen LogP contribution < -0.4 is 4.90 Å². The van der Waals surface area contributed by atoms with Crippen molar-refractivity contribution in [2.24, 2.45) is 0 Å². The number of piperazine rings is 1. The zero-order valence-electron chi connectivity index (χ0n) is 13.9. The molecule has 2 heterocycles. The number of rotatable bonds is 3. The third kappa shape index (κ3) is 7.87. The Kier molecular flexibility index (Phi) is 11.6. The number of pyridine rings is 1. The molecule has 21 heavy (non-hydrogen) atoms. The molecule has 0 bridgehead atoms. The van der Waals surface area contributed by atoms with Gasteiger partial charge in [0.1, 0.15) is 11.6 Å². The maximum Gasteiger partial charge on any atom is 0.134 e. The molecule has 1 aliphatic heterocycles. The van der Waals surface area contributed by atoms with Gasteiger partial charge in [0.2, 0.25) is 0 Å². The Morgan fingerprint density at radius 1 is 1.10 bits per heavy atom. The molecule has 0 unspecified atom stereocenters. The summed E-state index contributed by atoms with van der Waals surface area (Å²) in [6.07, 6.45) is 2.72. The molecule has 5 heteroatoms. The van der Waals surface area contributed by atoms with E-state index in [0.29, 0.717) is 0 Å². The van der Waals surface area contributed by atoms with Crippen LogP contribution in [-0.2, 0) is 0 Å². The van der Waals surface area contributed by atoms with Crippen LogP contribution in [0.2, 0.25) is 0 Å². The van der Waals surface area contributed by atoms with Crippen molar-refractivity contribution in [3.8, 4) is 5.75 Å². The molecule has 122 valence electrons. The van der Waals surface area contributed by atoms with Gasteiger partial charge in [-0.3, -0.25) is 4.90 Å². The minimum atomic E-state index is 0.197. The Bertz CT molecular complexity index is 336. The van der Waals surface area contributed by atoms with Gasteiger partial charge in [-0.1, -0.05) is 34.1 Å². The molecule has 0 amide bonds. The van der Waals surface area contributed by atoms with E-state index < -0.39 is 0 Å². The number of hydrogen-bond acceptors (Lipinski definition) is 5. The van der Waals surface area contributed by atoms with E-state index in [0.717, 1.165) is 38.5 Å². The van der Waals surface area contributed by atoms with E-state index in [-0.39, 0.29) is 12.4 Å². The smallest absolute Gasteiger partial charge is 0.134 e. The third-order valence-electron chi connectivity index (χ3n) is 2.84. The van der Waals surface area contributed by atoms with Gasteiger partial charge in [0.15, 0.2) is 0 Å². The number of aromatic hydroxyl groups is 1. The highest BCUT2D eigenvalue weighted by Gasteiger charge is 2.17. The molecule has 5 nitrogen and oxygen atoms in total. The van der Waals surface area contributed by atoms with Crippen LogP contribution in [0.4, 0.5) is 5.82 Å². The predicted molar refractivity (Wildman–Crippen MR) is 89.0 cm³/mol. The maximum atomic E-state index is 9.15. The summed E-state index contributed by atoms with van der Waals surface area (Å²) in [6, 6.07) is 3.49. The van der Waals surface area contributed by atoms with Gasteiger partial charge in [-0.25, -0.2) is 4.98 Å². The van der Waals surface area contributed by atoms with E-state index in [2.05, 4.69) is 28.6 Å². The van der Waals surface area contributed by atoms with Crippen molar-refractivity contribution in [3.63, 3.8) is 0 Å². The molecule has 0 saturated carbocycles. The highest BCUT2D eigenvalue weighted by Crippen LogP contribution is 2.16. The van der Waals surface area contributed by atoms with Crippen LogP contribution >= 0.6 is 0 Å². The summed E-state index contributed by atoms with van der Waals surface area (Å²) in [4.78, 5) is 8.60. The molecule has 1 aliphatic rings.